The van der Waals surface area contributed by atoms with Gasteiger partial charge in [0.05, 0.1) is 17.5 Å². The molecule has 0 unspecified atom stereocenters. The highest BCUT2D eigenvalue weighted by molar-refractivity contribution is 6.72. The molecule has 4 heterocycles. The Labute approximate surface area is 205 Å². The van der Waals surface area contributed by atoms with Gasteiger partial charge in [-0.05, 0) is 37.7 Å². The summed E-state index contributed by atoms with van der Waals surface area (Å²) in [6.45, 7) is 6.39. The van der Waals surface area contributed by atoms with Crippen molar-refractivity contribution in [1.82, 2.24) is 15.0 Å². The van der Waals surface area contributed by atoms with Gasteiger partial charge in [0.2, 0.25) is 14.3 Å². The van der Waals surface area contributed by atoms with Crippen LogP contribution in [0.3, 0.4) is 0 Å². The van der Waals surface area contributed by atoms with Gasteiger partial charge in [-0.1, -0.05) is 12.1 Å². The molecule has 0 aliphatic carbocycles. The van der Waals surface area contributed by atoms with Gasteiger partial charge in [0.1, 0.15) is 0 Å². The Morgan fingerprint density at radius 1 is 1.31 bits per heavy atom. The van der Waals surface area contributed by atoms with E-state index in [1.54, 1.807) is 40.8 Å². The highest BCUT2D eigenvalue weighted by Gasteiger charge is 2.66. The summed E-state index contributed by atoms with van der Waals surface area (Å²) in [5, 5.41) is 17.3. The summed E-state index contributed by atoms with van der Waals surface area (Å²) in [4.78, 5) is 29.1. The molecule has 2 amide bonds. The average Bonchev–Trinajstić information content (AvgIpc) is 3.42. The van der Waals surface area contributed by atoms with Crippen LogP contribution in [0.25, 0.3) is 0 Å². The molecular formula is C24H32FN5O4Si. The van der Waals surface area contributed by atoms with E-state index in [0.717, 1.165) is 11.4 Å². The van der Waals surface area contributed by atoms with Gasteiger partial charge in [-0.2, -0.15) is 0 Å². The second-order valence-electron chi connectivity index (χ2n) is 10.4. The lowest BCUT2D eigenvalue weighted by Gasteiger charge is -2.33. The van der Waals surface area contributed by atoms with Gasteiger partial charge >= 0.3 is 0 Å². The number of halogens is 1. The molecule has 0 saturated carbocycles. The van der Waals surface area contributed by atoms with Crippen molar-refractivity contribution in [2.75, 3.05) is 30.0 Å². The van der Waals surface area contributed by atoms with Crippen molar-refractivity contribution in [2.45, 2.75) is 63.1 Å². The maximum atomic E-state index is 15.8. The van der Waals surface area contributed by atoms with E-state index in [9.17, 15) is 9.59 Å². The number of aliphatic hydroxyl groups excluding tert-OH is 1. The summed E-state index contributed by atoms with van der Waals surface area (Å²) < 4.78 is 24.1. The monoisotopic (exact) mass is 501 g/mol. The minimum Gasteiger partial charge on any atom is -0.396 e. The first kappa shape index (κ1) is 24.1. The number of carbonyl (C=O) groups excluding carboxylic acids is 2. The van der Waals surface area contributed by atoms with Gasteiger partial charge in [0.15, 0.2) is 5.60 Å². The number of likely N-dealkylation sites (N-methyl/N-ethyl adjacent to an activating group) is 1. The Hall–Kier alpha value is -2.63. The first-order valence-electron chi connectivity index (χ1n) is 12.2. The van der Waals surface area contributed by atoms with Crippen molar-refractivity contribution < 1.29 is 23.5 Å². The van der Waals surface area contributed by atoms with E-state index >= 15 is 4.11 Å². The minimum absolute atomic E-state index is 0.00572. The standard InChI is InChI=1S/C24H32FN5O4Si/c1-15-22(35(3,4)25)20(7-10-29-14-16(9-12-31)26-27-29)34-24(15)18-13-17(30-11-8-21(30)32)5-6-19(18)28(2)23(24)33/h5-6,13-15,20,22,31H,7-12H2,1-4H3/t15-,20+,22-,24+/m1/s1. The lowest BCUT2D eigenvalue weighted by Crippen LogP contribution is -2.45. The third kappa shape index (κ3) is 3.71. The Balaban J connectivity index is 1.50. The molecule has 1 aromatic carbocycles. The Kier molecular flexibility index (Phi) is 5.84. The first-order valence-corrected chi connectivity index (χ1v) is 15.1. The molecule has 3 aliphatic heterocycles. The summed E-state index contributed by atoms with van der Waals surface area (Å²) in [6, 6.07) is 5.60. The number of ether oxygens (including phenoxy) is 1. The number of fused-ring (bicyclic) bond motifs is 2. The van der Waals surface area contributed by atoms with Gasteiger partial charge < -0.3 is 23.8 Å². The summed E-state index contributed by atoms with van der Waals surface area (Å²) in [5.41, 5.74) is 1.20. The number of benzene rings is 1. The number of aliphatic hydroxyl groups is 1. The Bertz CT molecular complexity index is 1170. The number of rotatable bonds is 7. The Morgan fingerprint density at radius 2 is 2.09 bits per heavy atom. The minimum atomic E-state index is -3.24. The van der Waals surface area contributed by atoms with E-state index < -0.39 is 25.7 Å². The van der Waals surface area contributed by atoms with Crippen molar-refractivity contribution in [1.29, 1.82) is 0 Å². The molecule has 1 N–H and O–H groups in total. The van der Waals surface area contributed by atoms with E-state index in [4.69, 9.17) is 9.84 Å². The van der Waals surface area contributed by atoms with Gasteiger partial charge in [-0.15, -0.1) is 5.10 Å². The molecule has 5 rings (SSSR count). The van der Waals surface area contributed by atoms with Gasteiger partial charge in [-0.3, -0.25) is 14.3 Å². The molecule has 0 bridgehead atoms. The second-order valence-corrected chi connectivity index (χ2v) is 14.2. The van der Waals surface area contributed by atoms with E-state index in [-0.39, 0.29) is 24.3 Å². The predicted octanol–water partition coefficient (Wildman–Crippen LogP) is 2.39. The lowest BCUT2D eigenvalue weighted by atomic mass is 9.82. The topological polar surface area (TPSA) is 101 Å². The molecule has 188 valence electrons. The van der Waals surface area contributed by atoms with Crippen LogP contribution in [-0.2, 0) is 32.9 Å². The molecule has 1 spiro atoms. The van der Waals surface area contributed by atoms with Crippen LogP contribution in [0.15, 0.2) is 24.4 Å². The number of aryl methyl sites for hydroxylation is 1. The first-order chi connectivity index (χ1) is 16.6. The van der Waals surface area contributed by atoms with Gasteiger partial charge in [0.25, 0.3) is 5.91 Å². The van der Waals surface area contributed by atoms with Crippen LogP contribution in [0.2, 0.25) is 18.6 Å². The van der Waals surface area contributed by atoms with Crippen LogP contribution >= 0.6 is 0 Å². The van der Waals surface area contributed by atoms with E-state index in [2.05, 4.69) is 10.3 Å². The fourth-order valence-corrected chi connectivity index (χ4v) is 8.65. The van der Waals surface area contributed by atoms with Crippen LogP contribution in [-0.4, -0.2) is 66.6 Å². The highest BCUT2D eigenvalue weighted by atomic mass is 28.4. The molecule has 0 radical (unpaired) electrons. The zero-order valence-corrected chi connectivity index (χ0v) is 21.6. The van der Waals surface area contributed by atoms with E-state index in [1.807, 2.05) is 25.1 Å². The summed E-state index contributed by atoms with van der Waals surface area (Å²) in [7, 11) is -1.52. The van der Waals surface area contributed by atoms with Crippen molar-refractivity contribution >= 4 is 31.6 Å². The molecule has 2 saturated heterocycles. The normalized spacial score (nSPS) is 28.2. The summed E-state index contributed by atoms with van der Waals surface area (Å²) >= 11 is 0. The van der Waals surface area contributed by atoms with E-state index in [0.29, 0.717) is 43.6 Å². The van der Waals surface area contributed by atoms with Crippen molar-refractivity contribution in [3.05, 3.63) is 35.7 Å². The zero-order valence-electron chi connectivity index (χ0n) is 20.6. The summed E-state index contributed by atoms with van der Waals surface area (Å²) in [5.74, 6) is -0.513. The summed E-state index contributed by atoms with van der Waals surface area (Å²) in [6.07, 6.45) is 2.72. The fourth-order valence-electron chi connectivity index (χ4n) is 6.10. The van der Waals surface area contributed by atoms with Crippen LogP contribution in [0.4, 0.5) is 15.5 Å². The molecule has 11 heteroatoms. The predicted molar refractivity (Wildman–Crippen MR) is 130 cm³/mol. The van der Waals surface area contributed by atoms with Crippen molar-refractivity contribution in [2.24, 2.45) is 5.92 Å². The number of β-lactam (4-membered cyclic amide) rings is 1. The molecule has 3 aliphatic rings. The third-order valence-electron chi connectivity index (χ3n) is 7.83. The fraction of sp³-hybridized carbons (Fsp3) is 0.583. The number of aromatic nitrogens is 3. The lowest BCUT2D eigenvalue weighted by molar-refractivity contribution is -0.145. The molecule has 1 aromatic heterocycles. The number of amides is 2. The largest absolute Gasteiger partial charge is 0.396 e. The number of nitrogens with zero attached hydrogens (tertiary/aromatic N) is 5. The van der Waals surface area contributed by atoms with Crippen LogP contribution in [0.5, 0.6) is 0 Å². The van der Waals surface area contributed by atoms with Crippen LogP contribution < -0.4 is 9.80 Å². The molecule has 2 aromatic rings. The molecule has 2 fully saturated rings. The number of hydrogen-bond donors (Lipinski definition) is 1. The van der Waals surface area contributed by atoms with Crippen LogP contribution in [0.1, 0.15) is 31.0 Å². The SMILES string of the molecule is C[C@@H]1[C@@H]([Si](C)(C)F)[C@H](CCn2cc(CCO)nn2)O[C@@]12C(=O)N(C)c1ccc(N3CCC3=O)cc12. The number of carbonyl (C=O) groups is 2. The quantitative estimate of drug-likeness (QED) is 0.355. The highest BCUT2D eigenvalue weighted by Crippen LogP contribution is 2.60. The van der Waals surface area contributed by atoms with Gasteiger partial charge in [-0.25, -0.2) is 0 Å². The smallest absolute Gasteiger partial charge is 0.264 e. The molecule has 4 atom stereocenters. The second kappa shape index (κ2) is 8.49. The van der Waals surface area contributed by atoms with Crippen LogP contribution in [0, 0.1) is 5.92 Å². The molecule has 35 heavy (non-hydrogen) atoms. The third-order valence-corrected chi connectivity index (χ3v) is 10.3. The van der Waals surface area contributed by atoms with Crippen molar-refractivity contribution in [3.63, 3.8) is 0 Å². The maximum absolute atomic E-state index is 15.8. The molecule has 9 nitrogen and oxygen atoms in total. The zero-order chi connectivity index (χ0) is 25.1. The number of hydrogen-bond acceptors (Lipinski definition) is 6. The van der Waals surface area contributed by atoms with Crippen molar-refractivity contribution in [3.8, 4) is 0 Å². The average molecular weight is 502 g/mol. The Morgan fingerprint density at radius 3 is 2.71 bits per heavy atom. The maximum Gasteiger partial charge on any atom is 0.264 e. The van der Waals surface area contributed by atoms with E-state index in [1.165, 1.54) is 0 Å². The number of anilines is 2. The molecular weight excluding hydrogens is 469 g/mol. The van der Waals surface area contributed by atoms with Gasteiger partial charge in [0, 0.05) is 68.5 Å².